The Labute approximate surface area is 253 Å². The highest BCUT2D eigenvalue weighted by atomic mass is 32.1. The highest BCUT2D eigenvalue weighted by Crippen LogP contribution is 2.35. The fourth-order valence-electron chi connectivity index (χ4n) is 5.22. The van der Waals surface area contributed by atoms with Crippen LogP contribution >= 0.6 is 11.3 Å². The summed E-state index contributed by atoms with van der Waals surface area (Å²) in [7, 11) is 0. The summed E-state index contributed by atoms with van der Waals surface area (Å²) in [6.45, 7) is 8.15. The topological polar surface area (TPSA) is 62.8 Å². The van der Waals surface area contributed by atoms with Crippen LogP contribution in [0.4, 0.5) is 0 Å². The molecule has 2 N–H and O–H groups in total. The number of fused-ring (bicyclic) bond motifs is 1. The van der Waals surface area contributed by atoms with Crippen LogP contribution in [0.2, 0.25) is 0 Å². The van der Waals surface area contributed by atoms with Gasteiger partial charge < -0.3 is 15.0 Å². The molecule has 1 saturated heterocycles. The maximum Gasteiger partial charge on any atom is 0.132 e. The lowest BCUT2D eigenvalue weighted by molar-refractivity contribution is 0.242. The first-order valence-electron chi connectivity index (χ1n) is 15.0. The number of ether oxygens (including phenoxy) is 1. The summed E-state index contributed by atoms with van der Waals surface area (Å²) < 4.78 is 6.34. The number of hydrogen-bond acceptors (Lipinski definition) is 5. The molecule has 0 bridgehead atoms. The molecule has 1 aliphatic heterocycles. The summed E-state index contributed by atoms with van der Waals surface area (Å²) in [4.78, 5) is 14.0. The third kappa shape index (κ3) is 6.92. The van der Waals surface area contributed by atoms with E-state index in [-0.39, 0.29) is 5.92 Å². The molecular weight excluding hydrogens is 536 g/mol. The van der Waals surface area contributed by atoms with Crippen molar-refractivity contribution in [3.05, 3.63) is 83.1 Å². The third-order valence-corrected chi connectivity index (χ3v) is 8.59. The number of unbranched alkanes of at least 4 members (excludes halogenated alkanes) is 1. The zero-order valence-electron chi connectivity index (χ0n) is 24.8. The predicted molar refractivity (Wildman–Crippen MR) is 178 cm³/mol. The molecule has 0 saturated carbocycles. The van der Waals surface area contributed by atoms with Gasteiger partial charge in [-0.15, -0.1) is 17.8 Å². The molecule has 2 unspecified atom stereocenters. The molecule has 1 aliphatic rings. The van der Waals surface area contributed by atoms with Crippen molar-refractivity contribution in [2.75, 3.05) is 13.2 Å². The molecule has 5 nitrogen and oxygen atoms in total. The molecule has 216 valence electrons. The van der Waals surface area contributed by atoms with Crippen molar-refractivity contribution in [2.45, 2.75) is 58.9 Å². The fraction of sp³-hybridized carbons (Fsp3) is 0.333. The highest BCUT2D eigenvalue weighted by molar-refractivity contribution is 7.11. The lowest BCUT2D eigenvalue weighted by atomic mass is 9.94. The molecule has 0 spiro atoms. The van der Waals surface area contributed by atoms with E-state index in [0.29, 0.717) is 12.6 Å². The Morgan fingerprint density at radius 1 is 1.19 bits per heavy atom. The van der Waals surface area contributed by atoms with Gasteiger partial charge in [-0.25, -0.2) is 4.98 Å². The van der Waals surface area contributed by atoms with Crippen LogP contribution in [0, 0.1) is 18.3 Å². The number of allylic oxidation sites excluding steroid dienone is 5. The number of thiophene rings is 1. The monoisotopic (exact) mass is 576 g/mol. The van der Waals surface area contributed by atoms with Crippen LogP contribution in [0.25, 0.3) is 44.6 Å². The van der Waals surface area contributed by atoms with Gasteiger partial charge in [-0.1, -0.05) is 50.5 Å². The smallest absolute Gasteiger partial charge is 0.132 e. The normalized spacial score (nSPS) is 16.8. The second-order valence-corrected chi connectivity index (χ2v) is 11.7. The van der Waals surface area contributed by atoms with Crippen LogP contribution < -0.4 is 5.32 Å². The molecule has 0 amide bonds. The number of aromatic nitrogens is 3. The maximum atomic E-state index is 6.34. The van der Waals surface area contributed by atoms with Gasteiger partial charge in [-0.05, 0) is 86.0 Å². The average molecular weight is 577 g/mol. The van der Waals surface area contributed by atoms with Gasteiger partial charge in [-0.3, -0.25) is 4.98 Å². The average Bonchev–Trinajstić information content (AvgIpc) is 3.81. The van der Waals surface area contributed by atoms with E-state index in [4.69, 9.17) is 16.1 Å². The quantitative estimate of drug-likeness (QED) is 0.100. The first-order valence-corrected chi connectivity index (χ1v) is 15.9. The number of benzene rings is 1. The Bertz CT molecular complexity index is 1630. The van der Waals surface area contributed by atoms with Crippen molar-refractivity contribution < 1.29 is 4.74 Å². The molecule has 5 rings (SSSR count). The lowest BCUT2D eigenvalue weighted by Crippen LogP contribution is -2.26. The maximum absolute atomic E-state index is 6.34. The van der Waals surface area contributed by atoms with Crippen LogP contribution in [0.15, 0.2) is 72.5 Å². The Morgan fingerprint density at radius 2 is 2.07 bits per heavy atom. The minimum absolute atomic E-state index is 0.0651. The SMILES string of the molecule is C#CC(C)/C(=C\C=C/CC)c1nc[nH]c1-c1ccc2ncc(-c3csc(/C(=C/CCC)OCC4CCCN4)c3)cc2c1. The zero-order chi connectivity index (χ0) is 29.3. The van der Waals surface area contributed by atoms with Gasteiger partial charge in [0.1, 0.15) is 12.4 Å². The van der Waals surface area contributed by atoms with Crippen LogP contribution in [-0.2, 0) is 4.74 Å². The van der Waals surface area contributed by atoms with Crippen molar-refractivity contribution in [2.24, 2.45) is 5.92 Å². The van der Waals surface area contributed by atoms with Crippen molar-refractivity contribution in [3.8, 4) is 34.7 Å². The molecule has 42 heavy (non-hydrogen) atoms. The zero-order valence-corrected chi connectivity index (χ0v) is 25.6. The molecule has 2 atom stereocenters. The molecule has 0 radical (unpaired) electrons. The molecule has 1 aromatic carbocycles. The van der Waals surface area contributed by atoms with Gasteiger partial charge >= 0.3 is 0 Å². The number of rotatable bonds is 12. The summed E-state index contributed by atoms with van der Waals surface area (Å²) in [5, 5.41) is 6.81. The van der Waals surface area contributed by atoms with Gasteiger partial charge in [0, 0.05) is 34.7 Å². The van der Waals surface area contributed by atoms with E-state index < -0.39 is 0 Å². The second kappa shape index (κ2) is 14.3. The molecular formula is C36H40N4OS. The predicted octanol–water partition coefficient (Wildman–Crippen LogP) is 8.88. The fourth-order valence-corrected chi connectivity index (χ4v) is 6.13. The van der Waals surface area contributed by atoms with Crippen molar-refractivity contribution in [3.63, 3.8) is 0 Å². The third-order valence-electron chi connectivity index (χ3n) is 7.64. The number of imidazole rings is 1. The summed E-state index contributed by atoms with van der Waals surface area (Å²) >= 11 is 1.73. The Hall–Kier alpha value is -3.92. The number of nitrogens with zero attached hydrogens (tertiary/aromatic N) is 2. The number of H-pyrrole nitrogens is 1. The van der Waals surface area contributed by atoms with Gasteiger partial charge in [0.15, 0.2) is 0 Å². The number of aromatic amines is 1. The van der Waals surface area contributed by atoms with Crippen molar-refractivity contribution >= 4 is 33.6 Å². The summed E-state index contributed by atoms with van der Waals surface area (Å²) in [5.41, 5.74) is 7.10. The first kappa shape index (κ1) is 29.6. The Kier molecular flexibility index (Phi) is 10.1. The van der Waals surface area contributed by atoms with Crippen LogP contribution in [0.1, 0.15) is 63.4 Å². The lowest BCUT2D eigenvalue weighted by Gasteiger charge is -2.14. The minimum atomic E-state index is -0.0651. The second-order valence-electron chi connectivity index (χ2n) is 10.8. The molecule has 3 aromatic heterocycles. The largest absolute Gasteiger partial charge is 0.491 e. The highest BCUT2D eigenvalue weighted by Gasteiger charge is 2.18. The van der Waals surface area contributed by atoms with Crippen molar-refractivity contribution in [1.82, 2.24) is 20.3 Å². The van der Waals surface area contributed by atoms with E-state index in [9.17, 15) is 0 Å². The van der Waals surface area contributed by atoms with Gasteiger partial charge in [0.2, 0.25) is 0 Å². The van der Waals surface area contributed by atoms with E-state index in [0.717, 1.165) is 81.0 Å². The van der Waals surface area contributed by atoms with E-state index in [1.165, 1.54) is 12.8 Å². The van der Waals surface area contributed by atoms with Gasteiger partial charge in [-0.2, -0.15) is 0 Å². The van der Waals surface area contributed by atoms with Crippen molar-refractivity contribution in [1.29, 1.82) is 0 Å². The molecule has 0 aliphatic carbocycles. The standard InChI is InChI=1S/C36H40N4OS/c1-5-8-10-13-31(25(4)7-3)36-35(39-24-40-36)26-15-16-32-27(18-26)19-28(21-38-32)29-20-34(42-23-29)33(14-9-6-2)41-22-30-12-11-17-37-30/h3,8,10,13-16,18-21,23-25,30,37H,5-6,9,11-12,17,22H2,1-2,4H3,(H,39,40)/b10-8-,31-13+,33-14-. The Balaban J connectivity index is 1.44. The number of hydrogen-bond donors (Lipinski definition) is 2. The van der Waals surface area contributed by atoms with E-state index in [2.05, 4.69) is 95.1 Å². The van der Waals surface area contributed by atoms with Crippen LogP contribution in [-0.4, -0.2) is 34.1 Å². The summed E-state index contributed by atoms with van der Waals surface area (Å²) in [6, 6.07) is 11.2. The van der Waals surface area contributed by atoms with Crippen LogP contribution in [0.5, 0.6) is 0 Å². The van der Waals surface area contributed by atoms with E-state index >= 15 is 0 Å². The summed E-state index contributed by atoms with van der Waals surface area (Å²) in [5.74, 6) is 3.80. The Morgan fingerprint density at radius 3 is 2.86 bits per heavy atom. The number of terminal acetylenes is 1. The van der Waals surface area contributed by atoms with Gasteiger partial charge in [0.05, 0.1) is 28.1 Å². The number of nitrogens with one attached hydrogen (secondary N) is 2. The van der Waals surface area contributed by atoms with E-state index in [1.807, 2.05) is 13.1 Å². The van der Waals surface area contributed by atoms with E-state index in [1.54, 1.807) is 17.7 Å². The molecule has 6 heteroatoms. The molecule has 4 heterocycles. The first-order chi connectivity index (χ1) is 20.6. The molecule has 4 aromatic rings. The summed E-state index contributed by atoms with van der Waals surface area (Å²) in [6.07, 6.45) is 23.5. The van der Waals surface area contributed by atoms with Gasteiger partial charge in [0.25, 0.3) is 0 Å². The van der Waals surface area contributed by atoms with Crippen LogP contribution in [0.3, 0.4) is 0 Å². The number of pyridine rings is 1. The minimum Gasteiger partial charge on any atom is -0.491 e. The molecule has 1 fully saturated rings.